The van der Waals surface area contributed by atoms with E-state index < -0.39 is 10.0 Å². The van der Waals surface area contributed by atoms with E-state index in [1.807, 2.05) is 6.92 Å². The zero-order valence-electron chi connectivity index (χ0n) is 11.3. The molecule has 0 bridgehead atoms. The Bertz CT molecular complexity index is 595. The molecule has 0 saturated carbocycles. The van der Waals surface area contributed by atoms with Crippen LogP contribution in [0.5, 0.6) is 5.75 Å². The summed E-state index contributed by atoms with van der Waals surface area (Å²) in [5.41, 5.74) is 6.70. The zero-order valence-corrected chi connectivity index (χ0v) is 14.5. The second-order valence-corrected chi connectivity index (χ2v) is 7.42. The molecule has 1 atom stereocenters. The SMILES string of the molecule is COc1cc(C)c(Br)cc1S(=O)(=O)N1CC[C@@H](N)C1.Cl. The van der Waals surface area contributed by atoms with Crippen molar-refractivity contribution in [3.63, 3.8) is 0 Å². The van der Waals surface area contributed by atoms with Crippen molar-refractivity contribution in [1.29, 1.82) is 0 Å². The van der Waals surface area contributed by atoms with Gasteiger partial charge >= 0.3 is 0 Å². The van der Waals surface area contributed by atoms with Crippen LogP contribution in [-0.2, 0) is 10.0 Å². The molecule has 0 radical (unpaired) electrons. The molecular formula is C12H18BrClN2O3S. The molecule has 1 aliphatic heterocycles. The molecule has 0 spiro atoms. The first kappa shape index (κ1) is 17.7. The summed E-state index contributed by atoms with van der Waals surface area (Å²) >= 11 is 3.36. The van der Waals surface area contributed by atoms with E-state index in [0.717, 1.165) is 10.0 Å². The molecule has 1 aliphatic rings. The molecule has 1 fully saturated rings. The van der Waals surface area contributed by atoms with Crippen LogP contribution in [-0.4, -0.2) is 39.0 Å². The summed E-state index contributed by atoms with van der Waals surface area (Å²) in [7, 11) is -2.09. The maximum Gasteiger partial charge on any atom is 0.246 e. The lowest BCUT2D eigenvalue weighted by atomic mass is 10.2. The third-order valence-electron chi connectivity index (χ3n) is 3.25. The first-order chi connectivity index (χ1) is 8.86. The predicted molar refractivity (Wildman–Crippen MR) is 84.0 cm³/mol. The summed E-state index contributed by atoms with van der Waals surface area (Å²) in [5, 5.41) is 0. The Labute approximate surface area is 134 Å². The first-order valence-electron chi connectivity index (χ1n) is 5.96. The van der Waals surface area contributed by atoms with Gasteiger partial charge in [0.15, 0.2) is 0 Å². The Morgan fingerprint density at radius 2 is 2.10 bits per heavy atom. The molecule has 2 rings (SSSR count). The average Bonchev–Trinajstić information content (AvgIpc) is 2.79. The summed E-state index contributed by atoms with van der Waals surface area (Å²) in [6.07, 6.45) is 0.689. The number of nitrogens with zero attached hydrogens (tertiary/aromatic N) is 1. The highest BCUT2D eigenvalue weighted by molar-refractivity contribution is 9.10. The number of nitrogens with two attached hydrogens (primary N) is 1. The molecule has 114 valence electrons. The van der Waals surface area contributed by atoms with Crippen LogP contribution in [0, 0.1) is 6.92 Å². The van der Waals surface area contributed by atoms with Gasteiger partial charge in [0.2, 0.25) is 10.0 Å². The van der Waals surface area contributed by atoms with Gasteiger partial charge in [-0.25, -0.2) is 8.42 Å². The van der Waals surface area contributed by atoms with Crippen molar-refractivity contribution in [2.45, 2.75) is 24.3 Å². The van der Waals surface area contributed by atoms with Gasteiger partial charge in [-0.05, 0) is 31.0 Å². The van der Waals surface area contributed by atoms with Gasteiger partial charge in [0.05, 0.1) is 7.11 Å². The van der Waals surface area contributed by atoms with Crippen molar-refractivity contribution < 1.29 is 13.2 Å². The largest absolute Gasteiger partial charge is 0.495 e. The molecule has 1 saturated heterocycles. The highest BCUT2D eigenvalue weighted by atomic mass is 79.9. The standard InChI is InChI=1S/C12H17BrN2O3S.ClH/c1-8-5-11(18-2)12(6-10(8)13)19(16,17)15-4-3-9(14)7-15;/h5-6,9H,3-4,7,14H2,1-2H3;1H/t9-;/m1./s1. The van der Waals surface area contributed by atoms with Crippen LogP contribution in [0.1, 0.15) is 12.0 Å². The van der Waals surface area contributed by atoms with Crippen LogP contribution in [0.15, 0.2) is 21.5 Å². The van der Waals surface area contributed by atoms with Crippen molar-refractivity contribution in [3.8, 4) is 5.75 Å². The van der Waals surface area contributed by atoms with Crippen LogP contribution < -0.4 is 10.5 Å². The predicted octanol–water partition coefficient (Wildman–Crippen LogP) is 1.91. The number of benzene rings is 1. The minimum Gasteiger partial charge on any atom is -0.495 e. The topological polar surface area (TPSA) is 72.6 Å². The van der Waals surface area contributed by atoms with Gasteiger partial charge < -0.3 is 10.5 Å². The Morgan fingerprint density at radius 1 is 1.45 bits per heavy atom. The molecule has 0 aromatic heterocycles. The zero-order chi connectivity index (χ0) is 14.2. The third kappa shape index (κ3) is 3.28. The lowest BCUT2D eigenvalue weighted by Crippen LogP contribution is -2.32. The monoisotopic (exact) mass is 384 g/mol. The Kier molecular flexibility index (Phi) is 5.86. The van der Waals surface area contributed by atoms with Gasteiger partial charge in [0.25, 0.3) is 0 Å². The molecule has 1 aromatic carbocycles. The second kappa shape index (κ2) is 6.62. The number of aryl methyl sites for hydroxylation is 1. The summed E-state index contributed by atoms with van der Waals surface area (Å²) in [6.45, 7) is 2.70. The van der Waals surface area contributed by atoms with Crippen LogP contribution in [0.2, 0.25) is 0 Å². The van der Waals surface area contributed by atoms with Gasteiger partial charge in [-0.2, -0.15) is 4.31 Å². The fraction of sp³-hybridized carbons (Fsp3) is 0.500. The van der Waals surface area contributed by atoms with Crippen molar-refractivity contribution in [3.05, 3.63) is 22.2 Å². The maximum atomic E-state index is 12.6. The van der Waals surface area contributed by atoms with E-state index in [1.54, 1.807) is 12.1 Å². The molecule has 1 heterocycles. The first-order valence-corrected chi connectivity index (χ1v) is 8.19. The van der Waals surface area contributed by atoms with Crippen molar-refractivity contribution in [2.75, 3.05) is 20.2 Å². The molecule has 1 aromatic rings. The van der Waals surface area contributed by atoms with E-state index in [1.165, 1.54) is 11.4 Å². The van der Waals surface area contributed by atoms with Crippen LogP contribution in [0.3, 0.4) is 0 Å². The fourth-order valence-electron chi connectivity index (χ4n) is 2.11. The lowest BCUT2D eigenvalue weighted by Gasteiger charge is -2.18. The molecule has 20 heavy (non-hydrogen) atoms. The number of hydrogen-bond acceptors (Lipinski definition) is 4. The normalized spacial score (nSPS) is 19.7. The van der Waals surface area contributed by atoms with E-state index in [0.29, 0.717) is 25.3 Å². The Morgan fingerprint density at radius 3 is 2.60 bits per heavy atom. The molecule has 0 unspecified atom stereocenters. The summed E-state index contributed by atoms with van der Waals surface area (Å²) in [5.74, 6) is 0.362. The molecule has 8 heteroatoms. The maximum absolute atomic E-state index is 12.6. The molecule has 0 aliphatic carbocycles. The van der Waals surface area contributed by atoms with Crippen molar-refractivity contribution in [2.24, 2.45) is 5.73 Å². The molecule has 2 N–H and O–H groups in total. The van der Waals surface area contributed by atoms with Crippen LogP contribution in [0.4, 0.5) is 0 Å². The van der Waals surface area contributed by atoms with Crippen LogP contribution >= 0.6 is 28.3 Å². The van der Waals surface area contributed by atoms with E-state index >= 15 is 0 Å². The van der Waals surface area contributed by atoms with E-state index in [2.05, 4.69) is 15.9 Å². The van der Waals surface area contributed by atoms with Crippen molar-refractivity contribution >= 4 is 38.4 Å². The van der Waals surface area contributed by atoms with E-state index in [9.17, 15) is 8.42 Å². The van der Waals surface area contributed by atoms with Gasteiger partial charge in [-0.3, -0.25) is 0 Å². The summed E-state index contributed by atoms with van der Waals surface area (Å²) < 4.78 is 32.5. The minimum absolute atomic E-state index is 0. The third-order valence-corrected chi connectivity index (χ3v) is 5.99. The fourth-order valence-corrected chi connectivity index (χ4v) is 4.28. The Balaban J connectivity index is 0.00000200. The summed E-state index contributed by atoms with van der Waals surface area (Å²) in [4.78, 5) is 0.182. The van der Waals surface area contributed by atoms with Gasteiger partial charge in [0, 0.05) is 23.6 Å². The van der Waals surface area contributed by atoms with Crippen molar-refractivity contribution in [1.82, 2.24) is 4.31 Å². The van der Waals surface area contributed by atoms with Crippen LogP contribution in [0.25, 0.3) is 0 Å². The number of methoxy groups -OCH3 is 1. The smallest absolute Gasteiger partial charge is 0.246 e. The average molecular weight is 386 g/mol. The molecule has 0 amide bonds. The number of ether oxygens (including phenoxy) is 1. The number of rotatable bonds is 3. The molecule has 5 nitrogen and oxygen atoms in total. The van der Waals surface area contributed by atoms with Gasteiger partial charge in [0.1, 0.15) is 10.6 Å². The van der Waals surface area contributed by atoms with E-state index in [-0.39, 0.29) is 23.3 Å². The van der Waals surface area contributed by atoms with Gasteiger partial charge in [-0.1, -0.05) is 15.9 Å². The van der Waals surface area contributed by atoms with E-state index in [4.69, 9.17) is 10.5 Å². The number of hydrogen-bond donors (Lipinski definition) is 1. The summed E-state index contributed by atoms with van der Waals surface area (Å²) in [6, 6.07) is 3.22. The minimum atomic E-state index is -3.56. The highest BCUT2D eigenvalue weighted by Crippen LogP contribution is 2.33. The number of sulfonamides is 1. The Hall–Kier alpha value is -0.340. The molecular weight excluding hydrogens is 368 g/mol. The quantitative estimate of drug-likeness (QED) is 0.862. The lowest BCUT2D eigenvalue weighted by molar-refractivity contribution is 0.397. The number of halogens is 2. The van der Waals surface area contributed by atoms with Gasteiger partial charge in [-0.15, -0.1) is 12.4 Å². The highest BCUT2D eigenvalue weighted by Gasteiger charge is 2.33. The second-order valence-electron chi connectivity index (χ2n) is 4.66.